The summed E-state index contributed by atoms with van der Waals surface area (Å²) in [6.45, 7) is 2.99. The Balaban J connectivity index is 1.82. The van der Waals surface area contributed by atoms with Gasteiger partial charge in [-0.2, -0.15) is 0 Å². The van der Waals surface area contributed by atoms with E-state index in [0.717, 1.165) is 43.1 Å². The van der Waals surface area contributed by atoms with Gasteiger partial charge in [0.2, 0.25) is 0 Å². The maximum atomic E-state index is 6.52. The molecule has 0 amide bonds. The van der Waals surface area contributed by atoms with Crippen LogP contribution in [-0.4, -0.2) is 26.4 Å². The Kier molecular flexibility index (Phi) is 3.62. The molecular formula is C14H17ClO3. The topological polar surface area (TPSA) is 27.7 Å². The smallest absolute Gasteiger partial charge is 0.161 e. The summed E-state index contributed by atoms with van der Waals surface area (Å²) in [6, 6.07) is 6.00. The maximum Gasteiger partial charge on any atom is 0.161 e. The molecule has 2 unspecified atom stereocenters. The lowest BCUT2D eigenvalue weighted by Gasteiger charge is -2.17. The van der Waals surface area contributed by atoms with Crippen LogP contribution in [0.4, 0.5) is 0 Å². The lowest BCUT2D eigenvalue weighted by atomic mass is 9.98. The molecule has 2 aliphatic heterocycles. The van der Waals surface area contributed by atoms with E-state index in [1.807, 2.05) is 18.2 Å². The van der Waals surface area contributed by atoms with Crippen LogP contribution >= 0.6 is 11.6 Å². The van der Waals surface area contributed by atoms with Crippen molar-refractivity contribution in [2.75, 3.05) is 26.4 Å². The number of halogens is 1. The number of benzene rings is 1. The quantitative estimate of drug-likeness (QED) is 0.771. The molecule has 1 aromatic rings. The van der Waals surface area contributed by atoms with E-state index in [4.69, 9.17) is 25.8 Å². The van der Waals surface area contributed by atoms with E-state index >= 15 is 0 Å². The van der Waals surface area contributed by atoms with Crippen LogP contribution in [0.1, 0.15) is 23.8 Å². The molecule has 0 saturated carbocycles. The largest absolute Gasteiger partial charge is 0.490 e. The molecule has 2 aliphatic rings. The van der Waals surface area contributed by atoms with Crippen LogP contribution < -0.4 is 9.47 Å². The highest BCUT2D eigenvalue weighted by molar-refractivity contribution is 6.21. The van der Waals surface area contributed by atoms with Crippen molar-refractivity contribution in [3.05, 3.63) is 23.8 Å². The number of hydrogen-bond donors (Lipinski definition) is 0. The second-order valence-electron chi connectivity index (χ2n) is 4.78. The van der Waals surface area contributed by atoms with Crippen molar-refractivity contribution < 1.29 is 14.2 Å². The fraction of sp³-hybridized carbons (Fsp3) is 0.571. The van der Waals surface area contributed by atoms with Crippen molar-refractivity contribution in [3.63, 3.8) is 0 Å². The Morgan fingerprint density at radius 3 is 2.72 bits per heavy atom. The van der Waals surface area contributed by atoms with E-state index in [1.165, 1.54) is 0 Å². The zero-order valence-electron chi connectivity index (χ0n) is 10.2. The van der Waals surface area contributed by atoms with Gasteiger partial charge in [0.1, 0.15) is 0 Å². The Morgan fingerprint density at radius 2 is 1.94 bits per heavy atom. The molecule has 2 heterocycles. The molecule has 0 bridgehead atoms. The number of rotatable bonds is 2. The third-order valence-electron chi connectivity index (χ3n) is 3.47. The number of fused-ring (bicyclic) bond motifs is 1. The van der Waals surface area contributed by atoms with Crippen molar-refractivity contribution in [1.82, 2.24) is 0 Å². The standard InChI is InChI=1S/C14H17ClO3/c15-14(11-4-7-16-9-11)10-2-3-12-13(8-10)18-6-1-5-17-12/h2-3,8,11,14H,1,4-7,9H2. The van der Waals surface area contributed by atoms with Crippen LogP contribution in [0.2, 0.25) is 0 Å². The molecule has 2 atom stereocenters. The molecule has 0 aliphatic carbocycles. The van der Waals surface area contributed by atoms with Gasteiger partial charge in [0.25, 0.3) is 0 Å². The number of hydrogen-bond acceptors (Lipinski definition) is 3. The molecule has 1 fully saturated rings. The number of ether oxygens (including phenoxy) is 3. The molecule has 0 aromatic heterocycles. The predicted molar refractivity (Wildman–Crippen MR) is 69.6 cm³/mol. The Labute approximate surface area is 112 Å². The minimum atomic E-state index is -0.00958. The van der Waals surface area contributed by atoms with Crippen LogP contribution in [-0.2, 0) is 4.74 Å². The summed E-state index contributed by atoms with van der Waals surface area (Å²) in [7, 11) is 0. The molecule has 0 radical (unpaired) electrons. The van der Waals surface area contributed by atoms with Gasteiger partial charge in [-0.15, -0.1) is 11.6 Å². The molecule has 98 valence electrons. The Hall–Kier alpha value is -0.930. The molecule has 3 rings (SSSR count). The van der Waals surface area contributed by atoms with E-state index in [1.54, 1.807) is 0 Å². The molecule has 4 heteroatoms. The highest BCUT2D eigenvalue weighted by Crippen LogP contribution is 2.39. The molecule has 0 N–H and O–H groups in total. The molecule has 1 aromatic carbocycles. The first kappa shape index (κ1) is 12.1. The van der Waals surface area contributed by atoms with Crippen molar-refractivity contribution in [2.24, 2.45) is 5.92 Å². The third-order valence-corrected chi connectivity index (χ3v) is 4.08. The van der Waals surface area contributed by atoms with Gasteiger partial charge in [-0.1, -0.05) is 6.07 Å². The minimum absolute atomic E-state index is 0.00958. The van der Waals surface area contributed by atoms with Crippen LogP contribution in [0.3, 0.4) is 0 Å². The summed E-state index contributed by atoms with van der Waals surface area (Å²) >= 11 is 6.52. The zero-order valence-corrected chi connectivity index (χ0v) is 11.0. The third kappa shape index (κ3) is 2.43. The van der Waals surface area contributed by atoms with E-state index < -0.39 is 0 Å². The van der Waals surface area contributed by atoms with Crippen LogP contribution in [0, 0.1) is 5.92 Å². The van der Waals surface area contributed by atoms with Crippen molar-refractivity contribution >= 4 is 11.6 Å². The first-order chi connectivity index (χ1) is 8.84. The van der Waals surface area contributed by atoms with Gasteiger partial charge in [-0.05, 0) is 24.1 Å². The summed E-state index contributed by atoms with van der Waals surface area (Å²) in [5, 5.41) is -0.00958. The first-order valence-corrected chi connectivity index (χ1v) is 6.89. The van der Waals surface area contributed by atoms with Gasteiger partial charge in [0.05, 0.1) is 25.2 Å². The minimum Gasteiger partial charge on any atom is -0.490 e. The van der Waals surface area contributed by atoms with Gasteiger partial charge >= 0.3 is 0 Å². The van der Waals surface area contributed by atoms with Gasteiger partial charge in [-0.25, -0.2) is 0 Å². The Bertz CT molecular complexity index is 416. The van der Waals surface area contributed by atoms with Crippen LogP contribution in [0.25, 0.3) is 0 Å². The highest BCUT2D eigenvalue weighted by atomic mass is 35.5. The summed E-state index contributed by atoms with van der Waals surface area (Å²) in [5.74, 6) is 2.04. The van der Waals surface area contributed by atoms with E-state index in [-0.39, 0.29) is 5.38 Å². The summed E-state index contributed by atoms with van der Waals surface area (Å²) < 4.78 is 16.7. The summed E-state index contributed by atoms with van der Waals surface area (Å²) in [5.41, 5.74) is 1.09. The molecule has 18 heavy (non-hydrogen) atoms. The van der Waals surface area contributed by atoms with Crippen LogP contribution in [0.5, 0.6) is 11.5 Å². The predicted octanol–water partition coefficient (Wildman–Crippen LogP) is 3.16. The summed E-state index contributed by atoms with van der Waals surface area (Å²) in [4.78, 5) is 0. The molecular weight excluding hydrogens is 252 g/mol. The second kappa shape index (κ2) is 5.37. The second-order valence-corrected chi connectivity index (χ2v) is 5.25. The monoisotopic (exact) mass is 268 g/mol. The first-order valence-electron chi connectivity index (χ1n) is 6.46. The van der Waals surface area contributed by atoms with E-state index in [9.17, 15) is 0 Å². The van der Waals surface area contributed by atoms with Gasteiger partial charge in [0.15, 0.2) is 11.5 Å². The number of alkyl halides is 1. The average Bonchev–Trinajstić information content (AvgIpc) is 2.83. The van der Waals surface area contributed by atoms with E-state index in [0.29, 0.717) is 19.1 Å². The molecule has 0 spiro atoms. The highest BCUT2D eigenvalue weighted by Gasteiger charge is 2.26. The van der Waals surface area contributed by atoms with Crippen molar-refractivity contribution in [2.45, 2.75) is 18.2 Å². The Morgan fingerprint density at radius 1 is 1.11 bits per heavy atom. The fourth-order valence-corrected chi connectivity index (χ4v) is 2.74. The van der Waals surface area contributed by atoms with Crippen molar-refractivity contribution in [1.29, 1.82) is 0 Å². The fourth-order valence-electron chi connectivity index (χ4n) is 2.41. The van der Waals surface area contributed by atoms with Gasteiger partial charge in [0, 0.05) is 18.9 Å². The van der Waals surface area contributed by atoms with E-state index in [2.05, 4.69) is 0 Å². The van der Waals surface area contributed by atoms with Crippen LogP contribution in [0.15, 0.2) is 18.2 Å². The molecule has 1 saturated heterocycles. The average molecular weight is 269 g/mol. The lowest BCUT2D eigenvalue weighted by Crippen LogP contribution is -2.08. The van der Waals surface area contributed by atoms with Gasteiger partial charge < -0.3 is 14.2 Å². The molecule has 3 nitrogen and oxygen atoms in total. The van der Waals surface area contributed by atoms with Crippen molar-refractivity contribution in [3.8, 4) is 11.5 Å². The zero-order chi connectivity index (χ0) is 12.4. The SMILES string of the molecule is ClC(c1ccc2c(c1)OCCCO2)C1CCOC1. The lowest BCUT2D eigenvalue weighted by molar-refractivity contribution is 0.185. The summed E-state index contributed by atoms with van der Waals surface area (Å²) in [6.07, 6.45) is 1.95. The maximum absolute atomic E-state index is 6.52. The van der Waals surface area contributed by atoms with Gasteiger partial charge in [-0.3, -0.25) is 0 Å². The normalized spacial score (nSPS) is 24.6.